The van der Waals surface area contributed by atoms with Crippen LogP contribution in [0.4, 0.5) is 0 Å². The molecule has 0 aliphatic rings. The first-order valence-electron chi connectivity index (χ1n) is 4.61. The van der Waals surface area contributed by atoms with Crippen LogP contribution in [0.5, 0.6) is 0 Å². The van der Waals surface area contributed by atoms with Crippen molar-refractivity contribution in [3.8, 4) is 0 Å². The number of hydrogen-bond acceptors (Lipinski definition) is 4. The largest absolute Gasteiger partial charge is 0.481 e. The molecule has 0 aromatic carbocycles. The molecule has 5 heteroatoms. The maximum Gasteiger partial charge on any atom is 0.303 e. The zero-order valence-corrected chi connectivity index (χ0v) is 7.90. The van der Waals surface area contributed by atoms with Gasteiger partial charge in [-0.15, -0.1) is 0 Å². The highest BCUT2D eigenvalue weighted by atomic mass is 16.5. The second-order valence-corrected chi connectivity index (χ2v) is 3.01. The molecule has 0 radical (unpaired) electrons. The highest BCUT2D eigenvalue weighted by Crippen LogP contribution is 1.97. The summed E-state index contributed by atoms with van der Waals surface area (Å²) in [7, 11) is 0. The zero-order valence-electron chi connectivity index (χ0n) is 7.90. The minimum Gasteiger partial charge on any atom is -0.481 e. The molecular weight excluding hydrogens is 184 g/mol. The van der Waals surface area contributed by atoms with Crippen molar-refractivity contribution in [3.63, 3.8) is 0 Å². The van der Waals surface area contributed by atoms with Crippen molar-refractivity contribution in [1.29, 1.82) is 0 Å². The van der Waals surface area contributed by atoms with E-state index in [0.717, 1.165) is 18.7 Å². The number of nitrogens with one attached hydrogen (secondary N) is 1. The average molecular weight is 198 g/mol. The molecule has 1 heterocycles. The van der Waals surface area contributed by atoms with Crippen molar-refractivity contribution in [3.05, 3.63) is 18.0 Å². The number of carboxylic acids is 1. The molecule has 5 nitrogen and oxygen atoms in total. The molecule has 0 fully saturated rings. The van der Waals surface area contributed by atoms with Gasteiger partial charge < -0.3 is 14.9 Å². The fraction of sp³-hybridized carbons (Fsp3) is 0.556. The number of rotatable bonds is 7. The fourth-order valence-corrected chi connectivity index (χ4v) is 1.07. The molecular formula is C9H14N2O3. The third-order valence-electron chi connectivity index (χ3n) is 1.78. The van der Waals surface area contributed by atoms with E-state index in [1.807, 2.05) is 0 Å². The van der Waals surface area contributed by atoms with E-state index in [1.54, 1.807) is 12.3 Å². The van der Waals surface area contributed by atoms with Gasteiger partial charge in [0.1, 0.15) is 5.76 Å². The molecule has 0 amide bonds. The van der Waals surface area contributed by atoms with Crippen molar-refractivity contribution >= 4 is 5.97 Å². The molecule has 0 spiro atoms. The molecule has 1 aromatic heterocycles. The van der Waals surface area contributed by atoms with Crippen LogP contribution in [-0.4, -0.2) is 22.8 Å². The first kappa shape index (κ1) is 10.7. The molecule has 0 aliphatic carbocycles. The topological polar surface area (TPSA) is 75.4 Å². The maximum atomic E-state index is 10.2. The second-order valence-electron chi connectivity index (χ2n) is 3.01. The van der Waals surface area contributed by atoms with Gasteiger partial charge in [-0.25, -0.2) is 0 Å². The lowest BCUT2D eigenvalue weighted by Gasteiger charge is -2.00. The van der Waals surface area contributed by atoms with Gasteiger partial charge in [-0.1, -0.05) is 5.16 Å². The lowest BCUT2D eigenvalue weighted by Crippen LogP contribution is -2.14. The van der Waals surface area contributed by atoms with E-state index in [4.69, 9.17) is 9.63 Å². The Hall–Kier alpha value is -1.36. The van der Waals surface area contributed by atoms with Crippen molar-refractivity contribution in [1.82, 2.24) is 10.5 Å². The van der Waals surface area contributed by atoms with E-state index in [2.05, 4.69) is 10.5 Å². The zero-order chi connectivity index (χ0) is 10.2. The van der Waals surface area contributed by atoms with Crippen LogP contribution in [0.15, 0.2) is 16.8 Å². The van der Waals surface area contributed by atoms with Crippen LogP contribution in [0.25, 0.3) is 0 Å². The summed E-state index contributed by atoms with van der Waals surface area (Å²) in [4.78, 5) is 10.2. The number of unbranched alkanes of at least 4 members (excludes halogenated alkanes) is 1. The minimum absolute atomic E-state index is 0.240. The van der Waals surface area contributed by atoms with Crippen LogP contribution >= 0.6 is 0 Å². The fourth-order valence-electron chi connectivity index (χ4n) is 1.07. The van der Waals surface area contributed by atoms with Gasteiger partial charge in [-0.2, -0.15) is 0 Å². The Labute approximate surface area is 82.1 Å². The van der Waals surface area contributed by atoms with Gasteiger partial charge in [0.05, 0.1) is 12.7 Å². The Morgan fingerprint density at radius 1 is 1.57 bits per heavy atom. The highest BCUT2D eigenvalue weighted by molar-refractivity contribution is 5.66. The van der Waals surface area contributed by atoms with E-state index < -0.39 is 5.97 Å². The van der Waals surface area contributed by atoms with Crippen molar-refractivity contribution < 1.29 is 14.4 Å². The van der Waals surface area contributed by atoms with Crippen LogP contribution in [0.1, 0.15) is 25.0 Å². The smallest absolute Gasteiger partial charge is 0.303 e. The van der Waals surface area contributed by atoms with E-state index in [0.29, 0.717) is 13.0 Å². The quantitative estimate of drug-likeness (QED) is 0.640. The van der Waals surface area contributed by atoms with E-state index in [-0.39, 0.29) is 6.42 Å². The van der Waals surface area contributed by atoms with Gasteiger partial charge in [0.15, 0.2) is 0 Å². The molecule has 0 atom stereocenters. The third-order valence-corrected chi connectivity index (χ3v) is 1.78. The van der Waals surface area contributed by atoms with Crippen molar-refractivity contribution in [2.45, 2.75) is 25.8 Å². The SMILES string of the molecule is O=C(O)CCCCNCc1ccno1. The minimum atomic E-state index is -0.736. The molecule has 78 valence electrons. The lowest BCUT2D eigenvalue weighted by molar-refractivity contribution is -0.137. The molecule has 1 rings (SSSR count). The molecule has 0 unspecified atom stereocenters. The van der Waals surface area contributed by atoms with Gasteiger partial charge >= 0.3 is 5.97 Å². The molecule has 2 N–H and O–H groups in total. The molecule has 1 aromatic rings. The summed E-state index contributed by atoms with van der Waals surface area (Å²) in [6.45, 7) is 1.45. The summed E-state index contributed by atoms with van der Waals surface area (Å²) < 4.78 is 4.87. The number of nitrogens with zero attached hydrogens (tertiary/aromatic N) is 1. The van der Waals surface area contributed by atoms with Crippen LogP contribution in [0.3, 0.4) is 0 Å². The first-order valence-corrected chi connectivity index (χ1v) is 4.61. The summed E-state index contributed by atoms with van der Waals surface area (Å²) in [5, 5.41) is 15.1. The highest BCUT2D eigenvalue weighted by Gasteiger charge is 1.97. The van der Waals surface area contributed by atoms with E-state index in [1.165, 1.54) is 0 Å². The van der Waals surface area contributed by atoms with Crippen LogP contribution < -0.4 is 5.32 Å². The monoisotopic (exact) mass is 198 g/mol. The van der Waals surface area contributed by atoms with Gasteiger partial charge in [-0.3, -0.25) is 4.79 Å². The summed E-state index contributed by atoms with van der Waals surface area (Å²) in [5.41, 5.74) is 0. The molecule has 0 aliphatic heterocycles. The average Bonchev–Trinajstić information content (AvgIpc) is 2.63. The van der Waals surface area contributed by atoms with E-state index in [9.17, 15) is 4.79 Å². The Morgan fingerprint density at radius 2 is 2.43 bits per heavy atom. The number of aliphatic carboxylic acids is 1. The van der Waals surface area contributed by atoms with Gasteiger partial charge in [-0.05, 0) is 19.4 Å². The Bertz CT molecular complexity index is 259. The standard InChI is InChI=1S/C9H14N2O3/c12-9(13)3-1-2-5-10-7-8-4-6-11-14-8/h4,6,10H,1-3,5,7H2,(H,12,13). The molecule has 0 saturated carbocycles. The van der Waals surface area contributed by atoms with Crippen molar-refractivity contribution in [2.75, 3.05) is 6.54 Å². The lowest BCUT2D eigenvalue weighted by atomic mass is 10.2. The summed E-state index contributed by atoms with van der Waals surface area (Å²) in [6, 6.07) is 1.80. The van der Waals surface area contributed by atoms with Crippen LogP contribution in [0, 0.1) is 0 Å². The second kappa shape index (κ2) is 6.15. The molecule has 0 bridgehead atoms. The van der Waals surface area contributed by atoms with Gasteiger partial charge in [0, 0.05) is 12.5 Å². The predicted molar refractivity (Wildman–Crippen MR) is 49.7 cm³/mol. The Balaban J connectivity index is 1.92. The Morgan fingerprint density at radius 3 is 3.07 bits per heavy atom. The summed E-state index contributed by atoms with van der Waals surface area (Å²) >= 11 is 0. The van der Waals surface area contributed by atoms with E-state index >= 15 is 0 Å². The molecule has 14 heavy (non-hydrogen) atoms. The van der Waals surface area contributed by atoms with Gasteiger partial charge in [0.25, 0.3) is 0 Å². The number of aromatic nitrogens is 1. The maximum absolute atomic E-state index is 10.2. The van der Waals surface area contributed by atoms with Crippen molar-refractivity contribution in [2.24, 2.45) is 0 Å². The number of carbonyl (C=O) groups is 1. The summed E-state index contributed by atoms with van der Waals surface area (Å²) in [6.07, 6.45) is 3.41. The first-order chi connectivity index (χ1) is 6.79. The predicted octanol–water partition coefficient (Wildman–Crippen LogP) is 1.02. The van der Waals surface area contributed by atoms with Gasteiger partial charge in [0.2, 0.25) is 0 Å². The number of hydrogen-bond donors (Lipinski definition) is 2. The van der Waals surface area contributed by atoms with Crippen LogP contribution in [0.2, 0.25) is 0 Å². The van der Waals surface area contributed by atoms with Crippen LogP contribution in [-0.2, 0) is 11.3 Å². The number of carboxylic acid groups (broad SMARTS) is 1. The summed E-state index contributed by atoms with van der Waals surface area (Å²) in [5.74, 6) is 0.0588. The third kappa shape index (κ3) is 4.61. The Kier molecular flexibility index (Phi) is 4.71. The molecule has 0 saturated heterocycles. The normalized spacial score (nSPS) is 10.3.